The number of hydrogen-bond donors (Lipinski definition) is 1. The summed E-state index contributed by atoms with van der Waals surface area (Å²) in [7, 11) is 0. The number of hydrogen-bond acceptors (Lipinski definition) is 1. The third-order valence-corrected chi connectivity index (χ3v) is 4.39. The maximum absolute atomic E-state index is 6.58. The number of rotatable bonds is 7. The Morgan fingerprint density at radius 1 is 0.941 bits per heavy atom. The van der Waals surface area contributed by atoms with Gasteiger partial charge in [-0.2, -0.15) is 0 Å². The minimum atomic E-state index is 0.159. The predicted octanol–water partition coefficient (Wildman–Crippen LogP) is 5.03. The normalized spacial score (nSPS) is 28.2. The lowest BCUT2D eigenvalue weighted by atomic mass is 9.67. The smallest absolute Gasteiger partial charge is 0.0159 e. The summed E-state index contributed by atoms with van der Waals surface area (Å²) in [5.74, 6) is 0. The molecule has 1 saturated carbocycles. The standard InChI is InChI=1S/C16H33N/c1-4-5-6-7-8-9-12-16(17)13-10-11-15(2,3)14-16/h4-14,17H2,1-3H3. The van der Waals surface area contributed by atoms with Crippen LogP contribution in [0, 0.1) is 5.41 Å². The van der Waals surface area contributed by atoms with Crippen molar-refractivity contribution in [3.63, 3.8) is 0 Å². The Bertz CT molecular complexity index is 210. The third-order valence-electron chi connectivity index (χ3n) is 4.39. The molecule has 0 radical (unpaired) electrons. The van der Waals surface area contributed by atoms with Crippen LogP contribution >= 0.6 is 0 Å². The second-order valence-corrected chi connectivity index (χ2v) is 7.07. The molecule has 1 fully saturated rings. The first-order valence-electron chi connectivity index (χ1n) is 7.76. The molecule has 1 nitrogen and oxygen atoms in total. The van der Waals surface area contributed by atoms with Gasteiger partial charge >= 0.3 is 0 Å². The highest BCUT2D eigenvalue weighted by molar-refractivity contribution is 4.93. The summed E-state index contributed by atoms with van der Waals surface area (Å²) in [6.45, 7) is 7.04. The zero-order valence-corrected chi connectivity index (χ0v) is 12.4. The Labute approximate surface area is 109 Å². The van der Waals surface area contributed by atoms with Crippen molar-refractivity contribution in [1.82, 2.24) is 0 Å². The van der Waals surface area contributed by atoms with Crippen LogP contribution in [0.2, 0.25) is 0 Å². The molecule has 0 spiro atoms. The molecule has 0 aromatic heterocycles. The van der Waals surface area contributed by atoms with Gasteiger partial charge in [0.05, 0.1) is 0 Å². The molecule has 1 atom stereocenters. The van der Waals surface area contributed by atoms with Crippen LogP contribution in [0.15, 0.2) is 0 Å². The van der Waals surface area contributed by atoms with E-state index in [1.54, 1.807) is 0 Å². The molecule has 1 aliphatic carbocycles. The highest BCUT2D eigenvalue weighted by Crippen LogP contribution is 2.41. The molecule has 0 bridgehead atoms. The van der Waals surface area contributed by atoms with Gasteiger partial charge in [-0.05, 0) is 31.1 Å². The Morgan fingerprint density at radius 2 is 1.59 bits per heavy atom. The molecule has 0 aromatic rings. The van der Waals surface area contributed by atoms with Crippen LogP contribution in [0.4, 0.5) is 0 Å². The lowest BCUT2D eigenvalue weighted by molar-refractivity contribution is 0.141. The second-order valence-electron chi connectivity index (χ2n) is 7.07. The van der Waals surface area contributed by atoms with Gasteiger partial charge in [0.25, 0.3) is 0 Å². The van der Waals surface area contributed by atoms with Crippen molar-refractivity contribution < 1.29 is 0 Å². The molecule has 1 unspecified atom stereocenters. The minimum absolute atomic E-state index is 0.159. The quantitative estimate of drug-likeness (QED) is 0.619. The molecule has 1 rings (SSSR count). The molecule has 0 aliphatic heterocycles. The van der Waals surface area contributed by atoms with E-state index in [2.05, 4.69) is 20.8 Å². The fourth-order valence-electron chi connectivity index (χ4n) is 3.52. The van der Waals surface area contributed by atoms with Crippen molar-refractivity contribution in [2.75, 3.05) is 0 Å². The number of nitrogens with two attached hydrogens (primary N) is 1. The summed E-state index contributed by atoms with van der Waals surface area (Å²) in [6, 6.07) is 0. The monoisotopic (exact) mass is 239 g/mol. The van der Waals surface area contributed by atoms with Crippen molar-refractivity contribution in [3.8, 4) is 0 Å². The minimum Gasteiger partial charge on any atom is -0.325 e. The average molecular weight is 239 g/mol. The van der Waals surface area contributed by atoms with E-state index in [0.717, 1.165) is 0 Å². The van der Waals surface area contributed by atoms with Crippen LogP contribution in [0.25, 0.3) is 0 Å². The fraction of sp³-hybridized carbons (Fsp3) is 1.00. The van der Waals surface area contributed by atoms with Gasteiger partial charge in [0.2, 0.25) is 0 Å². The van der Waals surface area contributed by atoms with Gasteiger partial charge in [-0.15, -0.1) is 0 Å². The molecule has 0 saturated heterocycles. The Balaban J connectivity index is 2.16. The van der Waals surface area contributed by atoms with Gasteiger partial charge in [-0.25, -0.2) is 0 Å². The SMILES string of the molecule is CCCCCCCCC1(N)CCCC(C)(C)C1. The lowest BCUT2D eigenvalue weighted by Crippen LogP contribution is -2.46. The molecule has 0 amide bonds. The van der Waals surface area contributed by atoms with Crippen molar-refractivity contribution in [2.45, 2.75) is 96.9 Å². The number of unbranched alkanes of at least 4 members (excludes halogenated alkanes) is 5. The van der Waals surface area contributed by atoms with Crippen LogP contribution in [-0.4, -0.2) is 5.54 Å². The Kier molecular flexibility index (Phi) is 5.99. The van der Waals surface area contributed by atoms with Crippen LogP contribution < -0.4 is 5.73 Å². The highest BCUT2D eigenvalue weighted by atomic mass is 14.8. The van der Waals surface area contributed by atoms with Gasteiger partial charge in [-0.1, -0.05) is 65.7 Å². The zero-order chi connectivity index (χ0) is 12.8. The first-order valence-corrected chi connectivity index (χ1v) is 7.76. The molecule has 1 heteroatoms. The first kappa shape index (κ1) is 15.0. The van der Waals surface area contributed by atoms with Crippen molar-refractivity contribution in [3.05, 3.63) is 0 Å². The maximum atomic E-state index is 6.58. The summed E-state index contributed by atoms with van der Waals surface area (Å²) in [5.41, 5.74) is 7.22. The molecule has 102 valence electrons. The second kappa shape index (κ2) is 6.78. The summed E-state index contributed by atoms with van der Waals surface area (Å²) in [5, 5.41) is 0. The van der Waals surface area contributed by atoms with E-state index in [9.17, 15) is 0 Å². The Hall–Kier alpha value is -0.0400. The van der Waals surface area contributed by atoms with Crippen LogP contribution in [0.5, 0.6) is 0 Å². The molecule has 0 heterocycles. The fourth-order valence-corrected chi connectivity index (χ4v) is 3.52. The Morgan fingerprint density at radius 3 is 2.24 bits per heavy atom. The largest absolute Gasteiger partial charge is 0.325 e. The van der Waals surface area contributed by atoms with Gasteiger partial charge in [0.1, 0.15) is 0 Å². The van der Waals surface area contributed by atoms with E-state index in [1.165, 1.54) is 70.6 Å². The lowest BCUT2D eigenvalue weighted by Gasteiger charge is -2.42. The highest BCUT2D eigenvalue weighted by Gasteiger charge is 2.36. The molecular formula is C16H33N. The summed E-state index contributed by atoms with van der Waals surface area (Å²) < 4.78 is 0. The molecule has 0 aromatic carbocycles. The van der Waals surface area contributed by atoms with E-state index in [0.29, 0.717) is 5.41 Å². The molecule has 2 N–H and O–H groups in total. The third kappa shape index (κ3) is 5.90. The maximum Gasteiger partial charge on any atom is 0.0159 e. The predicted molar refractivity (Wildman–Crippen MR) is 77.2 cm³/mol. The molecule has 1 aliphatic rings. The van der Waals surface area contributed by atoms with Crippen LogP contribution in [0.1, 0.15) is 91.4 Å². The van der Waals surface area contributed by atoms with Gasteiger partial charge in [0.15, 0.2) is 0 Å². The summed E-state index contributed by atoms with van der Waals surface area (Å²) in [6.07, 6.45) is 14.7. The van der Waals surface area contributed by atoms with Gasteiger partial charge < -0.3 is 5.73 Å². The molecular weight excluding hydrogens is 206 g/mol. The van der Waals surface area contributed by atoms with Crippen LogP contribution in [-0.2, 0) is 0 Å². The van der Waals surface area contributed by atoms with E-state index in [-0.39, 0.29) is 5.54 Å². The first-order chi connectivity index (χ1) is 7.97. The zero-order valence-electron chi connectivity index (χ0n) is 12.4. The van der Waals surface area contributed by atoms with Crippen LogP contribution in [0.3, 0.4) is 0 Å². The van der Waals surface area contributed by atoms with Gasteiger partial charge in [-0.3, -0.25) is 0 Å². The summed E-state index contributed by atoms with van der Waals surface area (Å²) in [4.78, 5) is 0. The van der Waals surface area contributed by atoms with Gasteiger partial charge in [0, 0.05) is 5.54 Å². The van der Waals surface area contributed by atoms with E-state index < -0.39 is 0 Å². The molecule has 17 heavy (non-hydrogen) atoms. The van der Waals surface area contributed by atoms with E-state index in [1.807, 2.05) is 0 Å². The van der Waals surface area contributed by atoms with E-state index >= 15 is 0 Å². The van der Waals surface area contributed by atoms with E-state index in [4.69, 9.17) is 5.73 Å². The van der Waals surface area contributed by atoms with Crippen molar-refractivity contribution in [1.29, 1.82) is 0 Å². The van der Waals surface area contributed by atoms with Crippen molar-refractivity contribution in [2.24, 2.45) is 11.1 Å². The summed E-state index contributed by atoms with van der Waals surface area (Å²) >= 11 is 0. The average Bonchev–Trinajstić information content (AvgIpc) is 2.21. The topological polar surface area (TPSA) is 26.0 Å². The van der Waals surface area contributed by atoms with Crippen molar-refractivity contribution >= 4 is 0 Å².